The van der Waals surface area contributed by atoms with Crippen molar-refractivity contribution in [1.82, 2.24) is 5.32 Å². The zero-order valence-corrected chi connectivity index (χ0v) is 7.26. The molecule has 0 aliphatic carbocycles. The summed E-state index contributed by atoms with van der Waals surface area (Å²) in [7, 11) is 1.27. The first-order valence-corrected chi connectivity index (χ1v) is 4.23. The molecule has 1 heterocycles. The van der Waals surface area contributed by atoms with Crippen LogP contribution in [0.15, 0.2) is 0 Å². The number of aliphatic hydroxyl groups excluding tert-OH is 1. The average Bonchev–Trinajstić information content (AvgIpc) is 2.30. The van der Waals surface area contributed by atoms with Crippen LogP contribution in [0.2, 0.25) is 0 Å². The molecule has 0 aromatic carbocycles. The van der Waals surface area contributed by atoms with E-state index in [2.05, 4.69) is 10.1 Å². The quantitative estimate of drug-likeness (QED) is 0.586. The fourth-order valence-electron chi connectivity index (χ4n) is 0.851. The zero-order chi connectivity index (χ0) is 9.14. The molecule has 1 fully saturated rings. The maximum absolute atomic E-state index is 10.7. The summed E-state index contributed by atoms with van der Waals surface area (Å²) >= 11 is 0.916. The highest BCUT2D eigenvalue weighted by atomic mass is 32.2. The Kier molecular flexibility index (Phi) is 2.93. The van der Waals surface area contributed by atoms with E-state index in [1.54, 1.807) is 0 Å². The van der Waals surface area contributed by atoms with Crippen LogP contribution < -0.4 is 5.32 Å². The van der Waals surface area contributed by atoms with Gasteiger partial charge in [0.25, 0.3) is 5.24 Å². The number of rotatable bonds is 2. The van der Waals surface area contributed by atoms with E-state index in [0.717, 1.165) is 11.8 Å². The van der Waals surface area contributed by atoms with Gasteiger partial charge < -0.3 is 15.2 Å². The number of hydrogen-bond donors (Lipinski definition) is 2. The number of carbonyl (C=O) groups excluding carboxylic acids is 2. The predicted molar refractivity (Wildman–Crippen MR) is 42.6 cm³/mol. The van der Waals surface area contributed by atoms with E-state index in [1.807, 2.05) is 0 Å². The lowest BCUT2D eigenvalue weighted by molar-refractivity contribution is -0.141. The van der Waals surface area contributed by atoms with Gasteiger partial charge in [-0.3, -0.25) is 9.59 Å². The number of aliphatic hydroxyl groups is 1. The molecule has 12 heavy (non-hydrogen) atoms. The van der Waals surface area contributed by atoms with Crippen LogP contribution in [0.1, 0.15) is 6.42 Å². The van der Waals surface area contributed by atoms with Crippen LogP contribution >= 0.6 is 11.8 Å². The van der Waals surface area contributed by atoms with E-state index in [0.29, 0.717) is 0 Å². The molecule has 1 amide bonds. The molecule has 2 atom stereocenters. The van der Waals surface area contributed by atoms with Crippen LogP contribution in [0, 0.1) is 0 Å². The van der Waals surface area contributed by atoms with E-state index >= 15 is 0 Å². The highest BCUT2D eigenvalue weighted by Gasteiger charge is 2.33. The normalized spacial score (nSPS) is 28.3. The van der Waals surface area contributed by atoms with Gasteiger partial charge >= 0.3 is 5.97 Å². The van der Waals surface area contributed by atoms with Crippen LogP contribution in [-0.2, 0) is 9.53 Å². The molecule has 0 bridgehead atoms. The fourth-order valence-corrected chi connectivity index (χ4v) is 1.73. The monoisotopic (exact) mass is 191 g/mol. The molecule has 0 aromatic rings. The minimum atomic E-state index is -0.943. The fraction of sp³-hybridized carbons (Fsp3) is 0.667. The molecule has 1 saturated heterocycles. The zero-order valence-electron chi connectivity index (χ0n) is 6.44. The SMILES string of the molecule is COC(=O)CC1SC(=O)NC1O. The maximum Gasteiger partial charge on any atom is 0.306 e. The summed E-state index contributed by atoms with van der Waals surface area (Å²) in [5.41, 5.74) is 0. The molecule has 2 N–H and O–H groups in total. The second-order valence-corrected chi connectivity index (χ2v) is 3.53. The Morgan fingerprint density at radius 3 is 2.92 bits per heavy atom. The summed E-state index contributed by atoms with van der Waals surface area (Å²) in [6, 6.07) is 0. The van der Waals surface area contributed by atoms with Gasteiger partial charge in [0.2, 0.25) is 0 Å². The summed E-state index contributed by atoms with van der Waals surface area (Å²) in [5, 5.41) is 10.7. The average molecular weight is 191 g/mol. The van der Waals surface area contributed by atoms with Crippen molar-refractivity contribution in [3.63, 3.8) is 0 Å². The third-order valence-corrected chi connectivity index (χ3v) is 2.53. The van der Waals surface area contributed by atoms with Gasteiger partial charge in [-0.25, -0.2) is 0 Å². The topological polar surface area (TPSA) is 75.6 Å². The van der Waals surface area contributed by atoms with Gasteiger partial charge in [-0.15, -0.1) is 0 Å². The van der Waals surface area contributed by atoms with Crippen molar-refractivity contribution in [1.29, 1.82) is 0 Å². The summed E-state index contributed by atoms with van der Waals surface area (Å²) in [6.07, 6.45) is -0.900. The van der Waals surface area contributed by atoms with E-state index in [4.69, 9.17) is 5.11 Å². The lowest BCUT2D eigenvalue weighted by atomic mass is 10.3. The molecule has 5 nitrogen and oxygen atoms in total. The minimum Gasteiger partial charge on any atom is -0.469 e. The van der Waals surface area contributed by atoms with Crippen molar-refractivity contribution in [3.05, 3.63) is 0 Å². The molecular formula is C6H9NO4S. The largest absolute Gasteiger partial charge is 0.469 e. The highest BCUT2D eigenvalue weighted by Crippen LogP contribution is 2.24. The molecule has 68 valence electrons. The number of amides is 1. The number of nitrogens with one attached hydrogen (secondary N) is 1. The molecular weight excluding hydrogens is 182 g/mol. The number of hydrogen-bond acceptors (Lipinski definition) is 5. The van der Waals surface area contributed by atoms with Crippen molar-refractivity contribution in [3.8, 4) is 0 Å². The van der Waals surface area contributed by atoms with Crippen LogP contribution in [0.5, 0.6) is 0 Å². The van der Waals surface area contributed by atoms with Gasteiger partial charge in [0, 0.05) is 0 Å². The molecule has 6 heteroatoms. The number of carbonyl (C=O) groups is 2. The summed E-state index contributed by atoms with van der Waals surface area (Å²) in [6.45, 7) is 0. The van der Waals surface area contributed by atoms with Crippen molar-refractivity contribution < 1.29 is 19.4 Å². The van der Waals surface area contributed by atoms with Crippen LogP contribution in [0.25, 0.3) is 0 Å². The Balaban J connectivity index is 2.42. The summed E-state index contributed by atoms with van der Waals surface area (Å²) < 4.78 is 4.39. The Labute approximate surface area is 73.5 Å². The van der Waals surface area contributed by atoms with Crippen molar-refractivity contribution in [2.45, 2.75) is 17.9 Å². The number of esters is 1. The second kappa shape index (κ2) is 3.77. The third kappa shape index (κ3) is 2.12. The Morgan fingerprint density at radius 1 is 1.83 bits per heavy atom. The van der Waals surface area contributed by atoms with E-state index < -0.39 is 17.4 Å². The Morgan fingerprint density at radius 2 is 2.50 bits per heavy atom. The van der Waals surface area contributed by atoms with Crippen LogP contribution in [-0.4, -0.2) is 34.9 Å². The van der Waals surface area contributed by atoms with Crippen LogP contribution in [0.3, 0.4) is 0 Å². The number of ether oxygens (including phenoxy) is 1. The van der Waals surface area contributed by atoms with Gasteiger partial charge in [0.15, 0.2) is 0 Å². The Hall–Kier alpha value is -0.750. The van der Waals surface area contributed by atoms with Crippen molar-refractivity contribution in [2.24, 2.45) is 0 Å². The van der Waals surface area contributed by atoms with Crippen molar-refractivity contribution in [2.75, 3.05) is 7.11 Å². The standard InChI is InChI=1S/C6H9NO4S/c1-11-4(8)2-3-5(9)7-6(10)12-3/h3,5,9H,2H2,1H3,(H,7,10). The molecule has 1 aliphatic heterocycles. The lowest BCUT2D eigenvalue weighted by Gasteiger charge is -2.09. The highest BCUT2D eigenvalue weighted by molar-refractivity contribution is 8.14. The first-order chi connectivity index (χ1) is 5.63. The minimum absolute atomic E-state index is 0.0427. The van der Waals surface area contributed by atoms with E-state index in [9.17, 15) is 9.59 Å². The van der Waals surface area contributed by atoms with Gasteiger partial charge in [-0.2, -0.15) is 0 Å². The predicted octanol–water partition coefficient (Wildman–Crippen LogP) is -0.307. The maximum atomic E-state index is 10.7. The third-order valence-electron chi connectivity index (χ3n) is 1.47. The van der Waals surface area contributed by atoms with Gasteiger partial charge in [-0.05, 0) is 0 Å². The van der Waals surface area contributed by atoms with Gasteiger partial charge in [-0.1, -0.05) is 11.8 Å². The van der Waals surface area contributed by atoms with Gasteiger partial charge in [0.05, 0.1) is 18.8 Å². The van der Waals surface area contributed by atoms with Gasteiger partial charge in [0.1, 0.15) is 6.23 Å². The Bertz CT molecular complexity index is 208. The summed E-state index contributed by atoms with van der Waals surface area (Å²) in [4.78, 5) is 21.4. The number of methoxy groups -OCH3 is 1. The van der Waals surface area contributed by atoms with E-state index in [1.165, 1.54) is 7.11 Å². The first kappa shape index (κ1) is 9.34. The molecule has 0 radical (unpaired) electrons. The molecule has 1 aliphatic rings. The smallest absolute Gasteiger partial charge is 0.306 e. The lowest BCUT2D eigenvalue weighted by Crippen LogP contribution is -2.31. The van der Waals surface area contributed by atoms with Crippen molar-refractivity contribution >= 4 is 23.0 Å². The molecule has 2 unspecified atom stereocenters. The van der Waals surface area contributed by atoms with E-state index in [-0.39, 0.29) is 11.7 Å². The van der Waals surface area contributed by atoms with Crippen LogP contribution in [0.4, 0.5) is 4.79 Å². The molecule has 1 rings (SSSR count). The number of thioether (sulfide) groups is 1. The molecule has 0 spiro atoms. The molecule has 0 saturated carbocycles. The molecule has 0 aromatic heterocycles. The second-order valence-electron chi connectivity index (χ2n) is 2.31. The summed E-state index contributed by atoms with van der Waals surface area (Å²) in [5.74, 6) is -0.428. The first-order valence-electron chi connectivity index (χ1n) is 3.35.